The predicted octanol–water partition coefficient (Wildman–Crippen LogP) is 0.554. The Kier molecular flexibility index (Phi) is 7.22. The summed E-state index contributed by atoms with van der Waals surface area (Å²) in [7, 11) is 0. The van der Waals surface area contributed by atoms with Crippen LogP contribution in [0.25, 0.3) is 0 Å². The Balaban J connectivity index is 3.10. The van der Waals surface area contributed by atoms with E-state index in [2.05, 4.69) is 11.9 Å². The molecule has 0 heterocycles. The number of amides is 2. The number of hydrogen-bond acceptors (Lipinski definition) is 3. The topological polar surface area (TPSA) is 81.4 Å². The lowest BCUT2D eigenvalue weighted by Gasteiger charge is -2.02. The number of primary amides is 1. The molecule has 0 saturated carbocycles. The van der Waals surface area contributed by atoms with Gasteiger partial charge in [0.1, 0.15) is 0 Å². The van der Waals surface area contributed by atoms with Gasteiger partial charge in [0.25, 0.3) is 0 Å². The van der Waals surface area contributed by atoms with E-state index in [4.69, 9.17) is 10.5 Å². The van der Waals surface area contributed by atoms with Crippen molar-refractivity contribution < 1.29 is 14.3 Å². The summed E-state index contributed by atoms with van der Waals surface area (Å²) in [6, 6.07) is -0.511. The second kappa shape index (κ2) is 8.10. The molecule has 5 nitrogen and oxygen atoms in total. The van der Waals surface area contributed by atoms with Crippen molar-refractivity contribution in [3.05, 3.63) is 12.7 Å². The van der Waals surface area contributed by atoms with Crippen LogP contribution in [0.5, 0.6) is 0 Å². The lowest BCUT2D eigenvalue weighted by Crippen LogP contribution is -2.29. The van der Waals surface area contributed by atoms with E-state index in [1.54, 1.807) is 0 Å². The third-order valence-electron chi connectivity index (χ3n) is 1.53. The highest BCUT2D eigenvalue weighted by Gasteiger charge is 1.95. The van der Waals surface area contributed by atoms with E-state index < -0.39 is 12.0 Å². The molecule has 80 valence electrons. The molecule has 0 spiro atoms. The molecule has 0 unspecified atom stereocenters. The third kappa shape index (κ3) is 8.58. The van der Waals surface area contributed by atoms with Crippen molar-refractivity contribution in [2.24, 2.45) is 5.73 Å². The number of esters is 1. The quantitative estimate of drug-likeness (QED) is 0.358. The Labute approximate surface area is 83.3 Å². The molecular formula is C9H16N2O3. The lowest BCUT2D eigenvalue weighted by atomic mass is 10.2. The van der Waals surface area contributed by atoms with Gasteiger partial charge in [0.2, 0.25) is 0 Å². The van der Waals surface area contributed by atoms with E-state index in [0.29, 0.717) is 13.2 Å². The first-order chi connectivity index (χ1) is 6.66. The first-order valence-corrected chi connectivity index (χ1v) is 4.49. The lowest BCUT2D eigenvalue weighted by molar-refractivity contribution is -0.137. The minimum Gasteiger partial charge on any atom is -0.463 e. The van der Waals surface area contributed by atoms with E-state index in [1.807, 2.05) is 0 Å². The van der Waals surface area contributed by atoms with Crippen LogP contribution in [0.3, 0.4) is 0 Å². The second-order valence-electron chi connectivity index (χ2n) is 2.72. The average Bonchev–Trinajstić information content (AvgIpc) is 2.15. The molecule has 0 aliphatic rings. The van der Waals surface area contributed by atoms with Crippen molar-refractivity contribution in [3.63, 3.8) is 0 Å². The molecule has 2 amide bonds. The number of ether oxygens (including phenoxy) is 1. The van der Waals surface area contributed by atoms with Crippen molar-refractivity contribution in [2.45, 2.75) is 19.3 Å². The van der Waals surface area contributed by atoms with Gasteiger partial charge in [-0.3, -0.25) is 0 Å². The number of urea groups is 1. The van der Waals surface area contributed by atoms with Gasteiger partial charge in [-0.2, -0.15) is 0 Å². The molecule has 0 aliphatic heterocycles. The van der Waals surface area contributed by atoms with Crippen LogP contribution in [0, 0.1) is 0 Å². The highest BCUT2D eigenvalue weighted by Crippen LogP contribution is 1.95. The Bertz CT molecular complexity index is 204. The molecule has 0 radical (unpaired) electrons. The van der Waals surface area contributed by atoms with Gasteiger partial charge in [0, 0.05) is 12.6 Å². The molecule has 0 aromatic rings. The fourth-order valence-corrected chi connectivity index (χ4v) is 0.847. The maximum atomic E-state index is 10.6. The molecule has 0 aromatic carbocycles. The van der Waals surface area contributed by atoms with Crippen molar-refractivity contribution in [2.75, 3.05) is 13.2 Å². The number of hydrogen-bond donors (Lipinski definition) is 2. The van der Waals surface area contributed by atoms with E-state index in [9.17, 15) is 9.59 Å². The van der Waals surface area contributed by atoms with Crippen LogP contribution in [-0.4, -0.2) is 25.2 Å². The van der Waals surface area contributed by atoms with Crippen LogP contribution in [-0.2, 0) is 9.53 Å². The fourth-order valence-electron chi connectivity index (χ4n) is 0.847. The summed E-state index contributed by atoms with van der Waals surface area (Å²) in [5, 5.41) is 2.47. The van der Waals surface area contributed by atoms with Crippen molar-refractivity contribution >= 4 is 12.0 Å². The molecule has 3 N–H and O–H groups in total. The molecule has 5 heteroatoms. The van der Waals surface area contributed by atoms with Crippen molar-refractivity contribution in [1.29, 1.82) is 0 Å². The minimum atomic E-state index is -0.511. The minimum absolute atomic E-state index is 0.390. The van der Waals surface area contributed by atoms with Gasteiger partial charge in [0.15, 0.2) is 0 Å². The molecule has 0 saturated heterocycles. The standard InChI is InChI=1S/C9H16N2O3/c1-2-8(12)14-7-5-3-4-6-11-9(10)13/h2H,1,3-7H2,(H3,10,11,13). The Morgan fingerprint density at radius 3 is 2.64 bits per heavy atom. The Morgan fingerprint density at radius 2 is 2.07 bits per heavy atom. The number of nitrogens with two attached hydrogens (primary N) is 1. The summed E-state index contributed by atoms with van der Waals surface area (Å²) in [6.07, 6.45) is 3.62. The van der Waals surface area contributed by atoms with Crippen LogP contribution >= 0.6 is 0 Å². The van der Waals surface area contributed by atoms with E-state index in [-0.39, 0.29) is 0 Å². The van der Waals surface area contributed by atoms with Gasteiger partial charge in [0.05, 0.1) is 6.61 Å². The second-order valence-corrected chi connectivity index (χ2v) is 2.72. The number of unbranched alkanes of at least 4 members (excludes halogenated alkanes) is 2. The van der Waals surface area contributed by atoms with Gasteiger partial charge in [-0.25, -0.2) is 9.59 Å². The van der Waals surface area contributed by atoms with Crippen molar-refractivity contribution in [3.8, 4) is 0 Å². The SMILES string of the molecule is C=CC(=O)OCCCCCNC(N)=O. The zero-order valence-corrected chi connectivity index (χ0v) is 8.12. The van der Waals surface area contributed by atoms with Gasteiger partial charge >= 0.3 is 12.0 Å². The zero-order valence-electron chi connectivity index (χ0n) is 8.12. The predicted molar refractivity (Wildman–Crippen MR) is 52.6 cm³/mol. The monoisotopic (exact) mass is 200 g/mol. The largest absolute Gasteiger partial charge is 0.463 e. The summed E-state index contributed by atoms with van der Waals surface area (Å²) in [6.45, 7) is 4.22. The molecule has 0 atom stereocenters. The van der Waals surface area contributed by atoms with Crippen LogP contribution in [0.15, 0.2) is 12.7 Å². The number of rotatable bonds is 7. The van der Waals surface area contributed by atoms with Crippen LogP contribution < -0.4 is 11.1 Å². The highest BCUT2D eigenvalue weighted by molar-refractivity contribution is 5.81. The van der Waals surface area contributed by atoms with Gasteiger partial charge in [-0.05, 0) is 19.3 Å². The third-order valence-corrected chi connectivity index (χ3v) is 1.53. The average molecular weight is 200 g/mol. The summed E-state index contributed by atoms with van der Waals surface area (Å²) in [5.74, 6) is -0.403. The smallest absolute Gasteiger partial charge is 0.330 e. The molecule has 0 aliphatic carbocycles. The van der Waals surface area contributed by atoms with Crippen molar-refractivity contribution in [1.82, 2.24) is 5.32 Å². The molecule has 0 rings (SSSR count). The molecular weight excluding hydrogens is 184 g/mol. The van der Waals surface area contributed by atoms with Gasteiger partial charge in [-0.15, -0.1) is 0 Å². The highest BCUT2D eigenvalue weighted by atomic mass is 16.5. The molecule has 0 fully saturated rings. The van der Waals surface area contributed by atoms with E-state index in [1.165, 1.54) is 0 Å². The number of carbonyl (C=O) groups excluding carboxylic acids is 2. The first-order valence-electron chi connectivity index (χ1n) is 4.49. The maximum absolute atomic E-state index is 10.6. The van der Waals surface area contributed by atoms with E-state index >= 15 is 0 Å². The van der Waals surface area contributed by atoms with Crippen LogP contribution in [0.1, 0.15) is 19.3 Å². The summed E-state index contributed by atoms with van der Waals surface area (Å²) in [4.78, 5) is 20.8. The van der Waals surface area contributed by atoms with E-state index in [0.717, 1.165) is 25.3 Å². The summed E-state index contributed by atoms with van der Waals surface area (Å²) >= 11 is 0. The number of nitrogens with one attached hydrogen (secondary N) is 1. The fraction of sp³-hybridized carbons (Fsp3) is 0.556. The molecule has 0 bridgehead atoms. The normalized spacial score (nSPS) is 9.14. The van der Waals surface area contributed by atoms with Gasteiger partial charge in [-0.1, -0.05) is 6.58 Å². The molecule has 0 aromatic heterocycles. The van der Waals surface area contributed by atoms with Crippen LogP contribution in [0.2, 0.25) is 0 Å². The maximum Gasteiger partial charge on any atom is 0.330 e. The van der Waals surface area contributed by atoms with Gasteiger partial charge < -0.3 is 15.8 Å². The first kappa shape index (κ1) is 12.5. The Hall–Kier alpha value is -1.52. The zero-order chi connectivity index (χ0) is 10.8. The molecule has 14 heavy (non-hydrogen) atoms. The Morgan fingerprint density at radius 1 is 1.36 bits per heavy atom. The summed E-state index contributed by atoms with van der Waals surface area (Å²) in [5.41, 5.74) is 4.86. The summed E-state index contributed by atoms with van der Waals surface area (Å²) < 4.78 is 4.75. The van der Waals surface area contributed by atoms with Crippen LogP contribution in [0.4, 0.5) is 4.79 Å². The number of carbonyl (C=O) groups is 2.